The molecule has 4 nitrogen and oxygen atoms in total. The molecule has 0 aliphatic rings. The van der Waals surface area contributed by atoms with Crippen LogP contribution in [0.2, 0.25) is 5.02 Å². The second-order valence-corrected chi connectivity index (χ2v) is 6.17. The first-order valence-electron chi connectivity index (χ1n) is 5.46. The van der Waals surface area contributed by atoms with Crippen molar-refractivity contribution >= 4 is 21.6 Å². The summed E-state index contributed by atoms with van der Waals surface area (Å²) in [5.74, 6) is -0.0240. The standard InChI is InChI=1S/C12H16ClNO3S/c1-2-3-8-18(16,17)14-9-12(15)10-4-6-11(13)7-5-10/h2,4-7,12,14-15H,1,3,8-9H2. The lowest BCUT2D eigenvalue weighted by molar-refractivity contribution is 0.182. The van der Waals surface area contributed by atoms with Crippen LogP contribution in [0.15, 0.2) is 36.9 Å². The van der Waals surface area contributed by atoms with Crippen molar-refractivity contribution in [3.05, 3.63) is 47.5 Å². The molecular weight excluding hydrogens is 274 g/mol. The highest BCUT2D eigenvalue weighted by Gasteiger charge is 2.13. The number of hydrogen-bond donors (Lipinski definition) is 2. The molecule has 1 rings (SSSR count). The molecule has 0 fully saturated rings. The van der Waals surface area contributed by atoms with Crippen LogP contribution in [0, 0.1) is 0 Å². The summed E-state index contributed by atoms with van der Waals surface area (Å²) in [6, 6.07) is 6.61. The Morgan fingerprint density at radius 3 is 2.56 bits per heavy atom. The van der Waals surface area contributed by atoms with Crippen molar-refractivity contribution in [1.29, 1.82) is 0 Å². The average Bonchev–Trinajstić information content (AvgIpc) is 2.35. The lowest BCUT2D eigenvalue weighted by atomic mass is 10.1. The maximum atomic E-state index is 11.5. The summed E-state index contributed by atoms with van der Waals surface area (Å²) in [4.78, 5) is 0. The van der Waals surface area contributed by atoms with E-state index in [1.54, 1.807) is 24.3 Å². The van der Waals surface area contributed by atoms with Crippen molar-refractivity contribution in [1.82, 2.24) is 4.72 Å². The van der Waals surface area contributed by atoms with Crippen LogP contribution in [0.3, 0.4) is 0 Å². The van der Waals surface area contributed by atoms with Gasteiger partial charge in [0.25, 0.3) is 0 Å². The summed E-state index contributed by atoms with van der Waals surface area (Å²) >= 11 is 5.72. The topological polar surface area (TPSA) is 66.4 Å². The van der Waals surface area contributed by atoms with Gasteiger partial charge in [-0.15, -0.1) is 6.58 Å². The van der Waals surface area contributed by atoms with Gasteiger partial charge < -0.3 is 5.11 Å². The number of sulfonamides is 1. The minimum Gasteiger partial charge on any atom is -0.387 e. The van der Waals surface area contributed by atoms with E-state index in [4.69, 9.17) is 11.6 Å². The van der Waals surface area contributed by atoms with E-state index in [-0.39, 0.29) is 12.3 Å². The first kappa shape index (κ1) is 15.2. The van der Waals surface area contributed by atoms with Crippen LogP contribution in [0.1, 0.15) is 18.1 Å². The van der Waals surface area contributed by atoms with Gasteiger partial charge in [-0.1, -0.05) is 29.8 Å². The smallest absolute Gasteiger partial charge is 0.211 e. The van der Waals surface area contributed by atoms with Crippen molar-refractivity contribution in [3.63, 3.8) is 0 Å². The third-order valence-electron chi connectivity index (χ3n) is 2.34. The molecule has 1 unspecified atom stereocenters. The Morgan fingerprint density at radius 2 is 2.00 bits per heavy atom. The van der Waals surface area contributed by atoms with Crippen molar-refractivity contribution in [2.45, 2.75) is 12.5 Å². The molecule has 0 saturated carbocycles. The lowest BCUT2D eigenvalue weighted by Crippen LogP contribution is -2.30. The molecule has 0 radical (unpaired) electrons. The van der Waals surface area contributed by atoms with Gasteiger partial charge in [-0.2, -0.15) is 0 Å². The van der Waals surface area contributed by atoms with Crippen LogP contribution in [-0.4, -0.2) is 25.8 Å². The fourth-order valence-corrected chi connectivity index (χ4v) is 2.48. The van der Waals surface area contributed by atoms with E-state index in [0.29, 0.717) is 17.0 Å². The van der Waals surface area contributed by atoms with Crippen molar-refractivity contribution in [2.24, 2.45) is 0 Å². The van der Waals surface area contributed by atoms with Crippen LogP contribution in [0.5, 0.6) is 0 Å². The van der Waals surface area contributed by atoms with E-state index in [9.17, 15) is 13.5 Å². The summed E-state index contributed by atoms with van der Waals surface area (Å²) in [5.41, 5.74) is 0.617. The molecule has 1 atom stereocenters. The molecule has 0 spiro atoms. The third-order valence-corrected chi connectivity index (χ3v) is 3.97. The maximum absolute atomic E-state index is 11.5. The number of aliphatic hydroxyl groups is 1. The van der Waals surface area contributed by atoms with E-state index >= 15 is 0 Å². The molecule has 1 aromatic carbocycles. The molecule has 1 aromatic rings. The predicted molar refractivity (Wildman–Crippen MR) is 73.0 cm³/mol. The minimum atomic E-state index is -3.36. The first-order chi connectivity index (χ1) is 8.44. The monoisotopic (exact) mass is 289 g/mol. The normalized spacial score (nSPS) is 13.2. The van der Waals surface area contributed by atoms with Gasteiger partial charge in [0.2, 0.25) is 10.0 Å². The molecule has 0 heterocycles. The summed E-state index contributed by atoms with van der Waals surface area (Å²) in [6.45, 7) is 3.41. The molecule has 0 saturated heterocycles. The lowest BCUT2D eigenvalue weighted by Gasteiger charge is -2.12. The number of rotatable bonds is 7. The fourth-order valence-electron chi connectivity index (χ4n) is 1.32. The summed E-state index contributed by atoms with van der Waals surface area (Å²) in [5, 5.41) is 10.4. The van der Waals surface area contributed by atoms with Crippen molar-refractivity contribution in [2.75, 3.05) is 12.3 Å². The fraction of sp³-hybridized carbons (Fsp3) is 0.333. The third kappa shape index (κ3) is 5.18. The van der Waals surface area contributed by atoms with E-state index in [0.717, 1.165) is 0 Å². The Morgan fingerprint density at radius 1 is 1.39 bits per heavy atom. The van der Waals surface area contributed by atoms with Crippen LogP contribution >= 0.6 is 11.6 Å². The van der Waals surface area contributed by atoms with Gasteiger partial charge in [0.05, 0.1) is 11.9 Å². The Balaban J connectivity index is 2.53. The van der Waals surface area contributed by atoms with E-state index in [1.165, 1.54) is 6.08 Å². The van der Waals surface area contributed by atoms with Gasteiger partial charge in [0.15, 0.2) is 0 Å². The Labute approximate surface area is 112 Å². The first-order valence-corrected chi connectivity index (χ1v) is 7.49. The molecule has 0 aromatic heterocycles. The number of hydrogen-bond acceptors (Lipinski definition) is 3. The van der Waals surface area contributed by atoms with Crippen LogP contribution in [0.4, 0.5) is 0 Å². The van der Waals surface area contributed by atoms with E-state index < -0.39 is 16.1 Å². The van der Waals surface area contributed by atoms with Gasteiger partial charge in [-0.25, -0.2) is 13.1 Å². The highest BCUT2D eigenvalue weighted by atomic mass is 35.5. The van der Waals surface area contributed by atoms with E-state index in [2.05, 4.69) is 11.3 Å². The predicted octanol–water partition coefficient (Wildman–Crippen LogP) is 1.87. The van der Waals surface area contributed by atoms with E-state index in [1.807, 2.05) is 0 Å². The van der Waals surface area contributed by atoms with Gasteiger partial charge in [0, 0.05) is 11.6 Å². The molecule has 0 aliphatic heterocycles. The minimum absolute atomic E-state index is 0.0240. The number of benzene rings is 1. The molecule has 0 aliphatic carbocycles. The number of nitrogens with one attached hydrogen (secondary N) is 1. The highest BCUT2D eigenvalue weighted by Crippen LogP contribution is 2.15. The zero-order valence-electron chi connectivity index (χ0n) is 9.84. The zero-order valence-corrected chi connectivity index (χ0v) is 11.4. The molecule has 2 N–H and O–H groups in total. The average molecular weight is 290 g/mol. The van der Waals surface area contributed by atoms with Crippen LogP contribution in [0.25, 0.3) is 0 Å². The Hall–Kier alpha value is -0.880. The SMILES string of the molecule is C=CCCS(=O)(=O)NCC(O)c1ccc(Cl)cc1. The Bertz CT molecular complexity index is 485. The zero-order chi connectivity index (χ0) is 13.6. The maximum Gasteiger partial charge on any atom is 0.211 e. The second kappa shape index (κ2) is 6.89. The molecule has 0 amide bonds. The van der Waals surface area contributed by atoms with Crippen molar-refractivity contribution in [3.8, 4) is 0 Å². The van der Waals surface area contributed by atoms with Crippen molar-refractivity contribution < 1.29 is 13.5 Å². The Kier molecular flexibility index (Phi) is 5.81. The summed E-state index contributed by atoms with van der Waals surface area (Å²) in [6.07, 6.45) is 1.03. The van der Waals surface area contributed by atoms with Gasteiger partial charge in [-0.05, 0) is 24.1 Å². The molecule has 18 heavy (non-hydrogen) atoms. The quantitative estimate of drug-likeness (QED) is 0.753. The molecular formula is C12H16ClNO3S. The molecule has 0 bridgehead atoms. The summed E-state index contributed by atoms with van der Waals surface area (Å²) < 4.78 is 25.3. The van der Waals surface area contributed by atoms with Crippen LogP contribution < -0.4 is 4.72 Å². The largest absolute Gasteiger partial charge is 0.387 e. The highest BCUT2D eigenvalue weighted by molar-refractivity contribution is 7.89. The van der Waals surface area contributed by atoms with Crippen LogP contribution in [-0.2, 0) is 10.0 Å². The molecule has 100 valence electrons. The number of allylic oxidation sites excluding steroid dienone is 1. The van der Waals surface area contributed by atoms with Gasteiger partial charge >= 0.3 is 0 Å². The van der Waals surface area contributed by atoms with Gasteiger partial charge in [0.1, 0.15) is 0 Å². The molecule has 6 heteroatoms. The van der Waals surface area contributed by atoms with Gasteiger partial charge in [-0.3, -0.25) is 0 Å². The second-order valence-electron chi connectivity index (χ2n) is 3.81. The summed E-state index contributed by atoms with van der Waals surface area (Å²) in [7, 11) is -3.36. The number of aliphatic hydroxyl groups excluding tert-OH is 1. The number of halogens is 1.